The van der Waals surface area contributed by atoms with E-state index in [1.54, 1.807) is 24.3 Å². The minimum absolute atomic E-state index is 0.0653. The fraction of sp³-hybridized carbons (Fsp3) is 0.350. The molecule has 136 valence electrons. The first-order valence-electron chi connectivity index (χ1n) is 9.02. The first-order chi connectivity index (χ1) is 12.5. The van der Waals surface area contributed by atoms with E-state index in [0.717, 1.165) is 18.4 Å². The van der Waals surface area contributed by atoms with Crippen LogP contribution in [0.15, 0.2) is 42.5 Å². The molecule has 1 fully saturated rings. The van der Waals surface area contributed by atoms with Crippen LogP contribution in [-0.4, -0.2) is 26.6 Å². The van der Waals surface area contributed by atoms with E-state index >= 15 is 0 Å². The number of fused-ring (bicyclic) bond motifs is 1. The van der Waals surface area contributed by atoms with Gasteiger partial charge in [0.1, 0.15) is 0 Å². The van der Waals surface area contributed by atoms with Crippen LogP contribution in [0.5, 0.6) is 0 Å². The average molecular weight is 370 g/mol. The Morgan fingerprint density at radius 2 is 1.77 bits per heavy atom. The van der Waals surface area contributed by atoms with Gasteiger partial charge in [-0.25, -0.2) is 8.42 Å². The number of nitrogens with one attached hydrogen (secondary N) is 1. The summed E-state index contributed by atoms with van der Waals surface area (Å²) in [6, 6.07) is 13.3. The van der Waals surface area contributed by atoms with Crippen molar-refractivity contribution in [3.63, 3.8) is 0 Å². The number of amides is 1. The molecule has 4 rings (SSSR count). The van der Waals surface area contributed by atoms with Crippen LogP contribution in [0.2, 0.25) is 0 Å². The number of aryl methyl sites for hydroxylation is 2. The summed E-state index contributed by atoms with van der Waals surface area (Å²) in [6.45, 7) is 0.520. The highest BCUT2D eigenvalue weighted by atomic mass is 32.2. The summed E-state index contributed by atoms with van der Waals surface area (Å²) in [5.74, 6) is 0.135. The first-order valence-corrected chi connectivity index (χ1v) is 10.6. The van der Waals surface area contributed by atoms with Crippen LogP contribution in [-0.2, 0) is 34.1 Å². The third-order valence-corrected chi connectivity index (χ3v) is 6.94. The van der Waals surface area contributed by atoms with Crippen LogP contribution in [0.1, 0.15) is 29.5 Å². The summed E-state index contributed by atoms with van der Waals surface area (Å²) < 4.78 is 25.4. The van der Waals surface area contributed by atoms with Crippen LogP contribution in [0.3, 0.4) is 0 Å². The lowest BCUT2D eigenvalue weighted by atomic mass is 10.0. The number of carbonyl (C=O) groups excluding carboxylic acids is 1. The Kier molecular flexibility index (Phi) is 4.44. The van der Waals surface area contributed by atoms with Gasteiger partial charge in [-0.15, -0.1) is 0 Å². The highest BCUT2D eigenvalue weighted by molar-refractivity contribution is 7.93. The van der Waals surface area contributed by atoms with Crippen LogP contribution in [0.4, 0.5) is 11.4 Å². The van der Waals surface area contributed by atoms with E-state index in [9.17, 15) is 13.2 Å². The molecule has 2 aromatic rings. The van der Waals surface area contributed by atoms with Crippen molar-refractivity contribution in [2.24, 2.45) is 0 Å². The zero-order valence-electron chi connectivity index (χ0n) is 14.6. The lowest BCUT2D eigenvalue weighted by Crippen LogP contribution is -2.25. The molecular weight excluding hydrogens is 348 g/mol. The monoisotopic (exact) mass is 370 g/mol. The molecule has 1 saturated heterocycles. The van der Waals surface area contributed by atoms with Crippen LogP contribution >= 0.6 is 0 Å². The number of nitrogens with zero attached hydrogens (tertiary/aromatic N) is 1. The van der Waals surface area contributed by atoms with Gasteiger partial charge >= 0.3 is 0 Å². The van der Waals surface area contributed by atoms with Gasteiger partial charge in [0.15, 0.2) is 0 Å². The molecule has 5 nitrogen and oxygen atoms in total. The third kappa shape index (κ3) is 3.46. The van der Waals surface area contributed by atoms with Crippen molar-refractivity contribution in [1.82, 2.24) is 0 Å². The standard InChI is InChI=1S/C20H22N2O3S/c23-20(14-15-5-6-16-3-1-4-17(16)13-15)21-18-7-9-19(10-8-18)22-11-2-12-26(22,24)25/h5-10,13H,1-4,11-12,14H2,(H,21,23). The molecule has 0 bridgehead atoms. The molecule has 6 heteroatoms. The second-order valence-electron chi connectivity index (χ2n) is 6.97. The molecule has 0 spiro atoms. The molecule has 2 aliphatic rings. The normalized spacial score (nSPS) is 17.9. The predicted octanol–water partition coefficient (Wildman–Crippen LogP) is 2.90. The number of hydrogen-bond acceptors (Lipinski definition) is 3. The van der Waals surface area contributed by atoms with Gasteiger partial charge in [0.2, 0.25) is 15.9 Å². The second-order valence-corrected chi connectivity index (χ2v) is 8.98. The molecule has 0 saturated carbocycles. The molecular formula is C20H22N2O3S. The van der Waals surface area contributed by atoms with Crippen LogP contribution in [0.25, 0.3) is 0 Å². The van der Waals surface area contributed by atoms with E-state index in [1.165, 1.54) is 21.9 Å². The minimum atomic E-state index is -3.18. The fourth-order valence-corrected chi connectivity index (χ4v) is 5.33. The Morgan fingerprint density at radius 3 is 2.50 bits per heavy atom. The van der Waals surface area contributed by atoms with Crippen molar-refractivity contribution < 1.29 is 13.2 Å². The van der Waals surface area contributed by atoms with Crippen molar-refractivity contribution in [2.45, 2.75) is 32.1 Å². The van der Waals surface area contributed by atoms with Gasteiger partial charge < -0.3 is 5.32 Å². The van der Waals surface area contributed by atoms with Crippen molar-refractivity contribution in [3.05, 3.63) is 59.2 Å². The molecule has 1 aliphatic heterocycles. The summed E-state index contributed by atoms with van der Waals surface area (Å²) in [5, 5.41) is 2.89. The minimum Gasteiger partial charge on any atom is -0.326 e. The summed E-state index contributed by atoms with van der Waals surface area (Å²) >= 11 is 0. The molecule has 26 heavy (non-hydrogen) atoms. The molecule has 0 radical (unpaired) electrons. The van der Waals surface area contributed by atoms with E-state index in [0.29, 0.717) is 30.8 Å². The Hall–Kier alpha value is -2.34. The molecule has 0 atom stereocenters. The summed E-state index contributed by atoms with van der Waals surface area (Å²) in [4.78, 5) is 12.3. The number of hydrogen-bond donors (Lipinski definition) is 1. The molecule has 2 aromatic carbocycles. The van der Waals surface area contributed by atoms with E-state index in [4.69, 9.17) is 0 Å². The van der Waals surface area contributed by atoms with E-state index in [1.807, 2.05) is 6.07 Å². The summed E-state index contributed by atoms with van der Waals surface area (Å²) in [6.07, 6.45) is 4.44. The van der Waals surface area contributed by atoms with Crippen LogP contribution < -0.4 is 9.62 Å². The smallest absolute Gasteiger partial charge is 0.235 e. The summed E-state index contributed by atoms with van der Waals surface area (Å²) in [7, 11) is -3.18. The Morgan fingerprint density at radius 1 is 1.00 bits per heavy atom. The molecule has 1 N–H and O–H groups in total. The van der Waals surface area contributed by atoms with Gasteiger partial charge in [-0.1, -0.05) is 18.2 Å². The molecule has 1 heterocycles. The molecule has 0 aromatic heterocycles. The van der Waals surface area contributed by atoms with Gasteiger partial charge in [0.25, 0.3) is 0 Å². The second kappa shape index (κ2) is 6.76. The van der Waals surface area contributed by atoms with Crippen molar-refractivity contribution in [3.8, 4) is 0 Å². The van der Waals surface area contributed by atoms with Crippen LogP contribution in [0, 0.1) is 0 Å². The van der Waals surface area contributed by atoms with Gasteiger partial charge in [-0.2, -0.15) is 0 Å². The first kappa shape index (κ1) is 17.1. The van der Waals surface area contributed by atoms with E-state index in [2.05, 4.69) is 17.4 Å². The number of rotatable bonds is 4. The Balaban J connectivity index is 1.40. The third-order valence-electron chi connectivity index (χ3n) is 5.07. The van der Waals surface area contributed by atoms with Crippen molar-refractivity contribution >= 4 is 27.3 Å². The molecule has 1 aliphatic carbocycles. The van der Waals surface area contributed by atoms with E-state index < -0.39 is 10.0 Å². The maximum Gasteiger partial charge on any atom is 0.235 e. The molecule has 0 unspecified atom stereocenters. The highest BCUT2D eigenvalue weighted by Gasteiger charge is 2.28. The lowest BCUT2D eigenvalue weighted by Gasteiger charge is -2.17. The lowest BCUT2D eigenvalue weighted by molar-refractivity contribution is -0.115. The molecule has 1 amide bonds. The Bertz CT molecular complexity index is 936. The zero-order chi connectivity index (χ0) is 18.1. The van der Waals surface area contributed by atoms with Crippen molar-refractivity contribution in [2.75, 3.05) is 21.9 Å². The quantitative estimate of drug-likeness (QED) is 0.900. The Labute approximate surface area is 154 Å². The van der Waals surface area contributed by atoms with Gasteiger partial charge in [0, 0.05) is 12.2 Å². The average Bonchev–Trinajstić information content (AvgIpc) is 3.20. The predicted molar refractivity (Wildman–Crippen MR) is 103 cm³/mol. The van der Waals surface area contributed by atoms with Gasteiger partial charge in [0.05, 0.1) is 17.9 Å². The van der Waals surface area contributed by atoms with E-state index in [-0.39, 0.29) is 11.7 Å². The maximum absolute atomic E-state index is 12.3. The summed E-state index contributed by atoms with van der Waals surface area (Å²) in [5.41, 5.74) is 5.13. The van der Waals surface area contributed by atoms with Gasteiger partial charge in [-0.3, -0.25) is 9.10 Å². The maximum atomic E-state index is 12.3. The zero-order valence-corrected chi connectivity index (χ0v) is 15.4. The van der Waals surface area contributed by atoms with Gasteiger partial charge in [-0.05, 0) is 66.6 Å². The number of benzene rings is 2. The topological polar surface area (TPSA) is 66.5 Å². The largest absolute Gasteiger partial charge is 0.326 e. The number of anilines is 2. The SMILES string of the molecule is O=C(Cc1ccc2c(c1)CCC2)Nc1ccc(N2CCCS2(=O)=O)cc1. The van der Waals surface area contributed by atoms with Crippen molar-refractivity contribution in [1.29, 1.82) is 0 Å². The highest BCUT2D eigenvalue weighted by Crippen LogP contribution is 2.26. The fourth-order valence-electron chi connectivity index (χ4n) is 3.77. The number of carbonyl (C=O) groups is 1. The number of sulfonamides is 1.